The van der Waals surface area contributed by atoms with Crippen molar-refractivity contribution in [3.05, 3.63) is 10.8 Å². The summed E-state index contributed by atoms with van der Waals surface area (Å²) in [6.07, 6.45) is 7.26. The predicted molar refractivity (Wildman–Crippen MR) is 76.4 cm³/mol. The van der Waals surface area contributed by atoms with Crippen LogP contribution < -0.4 is 10.6 Å². The van der Waals surface area contributed by atoms with Gasteiger partial charge in [-0.05, 0) is 52.9 Å². The van der Waals surface area contributed by atoms with Gasteiger partial charge in [0.2, 0.25) is 0 Å². The molecule has 4 nitrogen and oxygen atoms in total. The third-order valence-electron chi connectivity index (χ3n) is 4.55. The molecular weight excluding hydrogens is 292 g/mol. The SMILES string of the molecule is CN(CC1CC2CCC1C2)c1ncnc(N)c1Br. The van der Waals surface area contributed by atoms with Crippen molar-refractivity contribution in [2.24, 2.45) is 17.8 Å². The predicted octanol–water partition coefficient (Wildman–Crippen LogP) is 2.69. The van der Waals surface area contributed by atoms with Crippen LogP contribution in [0, 0.1) is 17.8 Å². The first-order chi connectivity index (χ1) is 8.65. The van der Waals surface area contributed by atoms with Gasteiger partial charge in [-0.3, -0.25) is 0 Å². The summed E-state index contributed by atoms with van der Waals surface area (Å²) in [6, 6.07) is 0. The molecule has 2 fully saturated rings. The lowest BCUT2D eigenvalue weighted by Gasteiger charge is -2.28. The van der Waals surface area contributed by atoms with Gasteiger partial charge < -0.3 is 10.6 Å². The van der Waals surface area contributed by atoms with E-state index >= 15 is 0 Å². The summed E-state index contributed by atoms with van der Waals surface area (Å²) in [5, 5.41) is 0. The lowest BCUT2D eigenvalue weighted by Crippen LogP contribution is -2.29. The monoisotopic (exact) mass is 310 g/mol. The number of rotatable bonds is 3. The summed E-state index contributed by atoms with van der Waals surface area (Å²) < 4.78 is 0.815. The molecule has 1 aromatic heterocycles. The molecule has 0 spiro atoms. The second-order valence-corrected chi connectivity index (χ2v) is 6.50. The molecule has 3 atom stereocenters. The number of fused-ring (bicyclic) bond motifs is 2. The van der Waals surface area contributed by atoms with Crippen molar-refractivity contribution in [3.63, 3.8) is 0 Å². The van der Waals surface area contributed by atoms with Crippen LogP contribution in [0.4, 0.5) is 11.6 Å². The van der Waals surface area contributed by atoms with Gasteiger partial charge in [-0.1, -0.05) is 6.42 Å². The molecule has 1 heterocycles. The molecular formula is C13H19BrN4. The first kappa shape index (κ1) is 12.2. The molecule has 0 aromatic carbocycles. The van der Waals surface area contributed by atoms with Gasteiger partial charge in [-0.15, -0.1) is 0 Å². The number of halogens is 1. The summed E-state index contributed by atoms with van der Waals surface area (Å²) >= 11 is 3.48. The second kappa shape index (κ2) is 4.68. The molecule has 3 unspecified atom stereocenters. The van der Waals surface area contributed by atoms with Gasteiger partial charge in [0.05, 0.1) is 0 Å². The highest BCUT2D eigenvalue weighted by molar-refractivity contribution is 9.10. The third kappa shape index (κ3) is 2.09. The first-order valence-corrected chi connectivity index (χ1v) is 7.41. The van der Waals surface area contributed by atoms with Crippen molar-refractivity contribution in [2.45, 2.75) is 25.7 Å². The minimum absolute atomic E-state index is 0.514. The molecule has 0 aliphatic heterocycles. The van der Waals surface area contributed by atoms with Crippen LogP contribution in [0.25, 0.3) is 0 Å². The van der Waals surface area contributed by atoms with Gasteiger partial charge in [0.25, 0.3) is 0 Å². The van der Waals surface area contributed by atoms with E-state index in [1.54, 1.807) is 0 Å². The molecule has 0 amide bonds. The number of aromatic nitrogens is 2. The molecule has 2 bridgehead atoms. The van der Waals surface area contributed by atoms with Crippen LogP contribution in [0.5, 0.6) is 0 Å². The van der Waals surface area contributed by atoms with Gasteiger partial charge in [0.15, 0.2) is 0 Å². The van der Waals surface area contributed by atoms with Crippen LogP contribution in [0.1, 0.15) is 25.7 Å². The fraction of sp³-hybridized carbons (Fsp3) is 0.692. The average molecular weight is 311 g/mol. The molecule has 0 saturated heterocycles. The summed E-state index contributed by atoms with van der Waals surface area (Å²) in [6.45, 7) is 1.08. The van der Waals surface area contributed by atoms with Gasteiger partial charge >= 0.3 is 0 Å². The number of nitrogens with two attached hydrogens (primary N) is 1. The van der Waals surface area contributed by atoms with Crippen molar-refractivity contribution < 1.29 is 0 Å². The van der Waals surface area contributed by atoms with E-state index in [0.717, 1.165) is 34.6 Å². The van der Waals surface area contributed by atoms with Crippen molar-refractivity contribution in [2.75, 3.05) is 24.2 Å². The largest absolute Gasteiger partial charge is 0.383 e. The van der Waals surface area contributed by atoms with E-state index in [9.17, 15) is 0 Å². The van der Waals surface area contributed by atoms with E-state index in [-0.39, 0.29) is 0 Å². The molecule has 3 rings (SSSR count). The zero-order valence-corrected chi connectivity index (χ0v) is 12.2. The highest BCUT2D eigenvalue weighted by Gasteiger charge is 2.39. The standard InChI is InChI=1S/C13H19BrN4/c1-18(13-11(14)12(15)16-7-17-13)6-10-5-8-2-3-9(10)4-8/h7-10H,2-6H2,1H3,(H2,15,16,17). The molecule has 2 N–H and O–H groups in total. The van der Waals surface area contributed by atoms with Crippen LogP contribution in [0.2, 0.25) is 0 Å². The summed E-state index contributed by atoms with van der Waals surface area (Å²) in [7, 11) is 2.10. The highest BCUT2D eigenvalue weighted by atomic mass is 79.9. The Morgan fingerprint density at radius 1 is 1.39 bits per heavy atom. The maximum atomic E-state index is 5.80. The van der Waals surface area contributed by atoms with Crippen molar-refractivity contribution in [3.8, 4) is 0 Å². The topological polar surface area (TPSA) is 55.0 Å². The van der Waals surface area contributed by atoms with Crippen LogP contribution in [0.15, 0.2) is 10.8 Å². The number of hydrogen-bond donors (Lipinski definition) is 1. The number of hydrogen-bond acceptors (Lipinski definition) is 4. The quantitative estimate of drug-likeness (QED) is 0.932. The van der Waals surface area contributed by atoms with E-state index in [0.29, 0.717) is 5.82 Å². The van der Waals surface area contributed by atoms with Crippen LogP contribution in [0.3, 0.4) is 0 Å². The Labute approximate surface area is 116 Å². The molecule has 2 aliphatic carbocycles. The zero-order chi connectivity index (χ0) is 12.7. The molecule has 1 aromatic rings. The Balaban J connectivity index is 1.71. The smallest absolute Gasteiger partial charge is 0.148 e. The molecule has 0 radical (unpaired) electrons. The summed E-state index contributed by atoms with van der Waals surface area (Å²) in [5.41, 5.74) is 5.80. The molecule has 2 saturated carbocycles. The Hall–Kier alpha value is -0.840. The van der Waals surface area contributed by atoms with Gasteiger partial charge in [-0.25, -0.2) is 9.97 Å². The zero-order valence-electron chi connectivity index (χ0n) is 10.6. The molecule has 5 heteroatoms. The normalized spacial score (nSPS) is 29.8. The highest BCUT2D eigenvalue weighted by Crippen LogP contribution is 2.48. The van der Waals surface area contributed by atoms with E-state index in [4.69, 9.17) is 5.73 Å². The Morgan fingerprint density at radius 2 is 2.22 bits per heavy atom. The first-order valence-electron chi connectivity index (χ1n) is 6.62. The fourth-order valence-electron chi connectivity index (χ4n) is 3.68. The van der Waals surface area contributed by atoms with Crippen LogP contribution in [-0.4, -0.2) is 23.6 Å². The summed E-state index contributed by atoms with van der Waals surface area (Å²) in [5.74, 6) is 4.18. The number of nitrogen functional groups attached to an aromatic ring is 1. The second-order valence-electron chi connectivity index (χ2n) is 5.71. The molecule has 18 heavy (non-hydrogen) atoms. The number of nitrogens with zero attached hydrogens (tertiary/aromatic N) is 3. The van der Waals surface area contributed by atoms with E-state index in [2.05, 4.69) is 37.8 Å². The van der Waals surface area contributed by atoms with Gasteiger partial charge in [0.1, 0.15) is 22.4 Å². The average Bonchev–Trinajstić information content (AvgIpc) is 2.94. The maximum absolute atomic E-state index is 5.80. The Bertz CT molecular complexity index is 451. The van der Waals surface area contributed by atoms with E-state index in [1.165, 1.54) is 32.0 Å². The maximum Gasteiger partial charge on any atom is 0.148 e. The van der Waals surface area contributed by atoms with Crippen LogP contribution >= 0.6 is 15.9 Å². The molecule has 2 aliphatic rings. The lowest BCUT2D eigenvalue weighted by molar-refractivity contribution is 0.337. The van der Waals surface area contributed by atoms with Crippen LogP contribution in [-0.2, 0) is 0 Å². The van der Waals surface area contributed by atoms with E-state index in [1.807, 2.05) is 0 Å². The number of anilines is 2. The Morgan fingerprint density at radius 3 is 2.89 bits per heavy atom. The summed E-state index contributed by atoms with van der Waals surface area (Å²) in [4.78, 5) is 10.5. The Kier molecular flexibility index (Phi) is 3.18. The lowest BCUT2D eigenvalue weighted by atomic mass is 9.88. The van der Waals surface area contributed by atoms with Crippen molar-refractivity contribution in [1.29, 1.82) is 0 Å². The van der Waals surface area contributed by atoms with Crippen molar-refractivity contribution >= 4 is 27.6 Å². The van der Waals surface area contributed by atoms with Gasteiger partial charge in [-0.2, -0.15) is 0 Å². The fourth-order valence-corrected chi connectivity index (χ4v) is 4.19. The minimum atomic E-state index is 0.514. The minimum Gasteiger partial charge on any atom is -0.383 e. The van der Waals surface area contributed by atoms with E-state index < -0.39 is 0 Å². The van der Waals surface area contributed by atoms with Crippen molar-refractivity contribution in [1.82, 2.24) is 9.97 Å². The molecule has 98 valence electrons. The van der Waals surface area contributed by atoms with Gasteiger partial charge in [0, 0.05) is 13.6 Å². The third-order valence-corrected chi connectivity index (χ3v) is 5.31.